The number of nitrogens with zero attached hydrogens (tertiary/aromatic N) is 2. The van der Waals surface area contributed by atoms with Crippen LogP contribution in [0.5, 0.6) is 11.5 Å². The highest BCUT2D eigenvalue weighted by Gasteiger charge is 2.11. The minimum Gasteiger partial charge on any atom is -0.497 e. The first-order chi connectivity index (χ1) is 13.2. The molecule has 2 aromatic carbocycles. The predicted octanol–water partition coefficient (Wildman–Crippen LogP) is 4.01. The Balaban J connectivity index is 1.64. The summed E-state index contributed by atoms with van der Waals surface area (Å²) in [5.41, 5.74) is 1.63. The van der Waals surface area contributed by atoms with Crippen LogP contribution in [0.3, 0.4) is 0 Å². The summed E-state index contributed by atoms with van der Waals surface area (Å²) in [6.45, 7) is 2.45. The molecular formula is C20H21N3O3S. The molecule has 0 spiro atoms. The molecule has 3 rings (SSSR count). The molecule has 1 aromatic heterocycles. The summed E-state index contributed by atoms with van der Waals surface area (Å²) in [5, 5.41) is 3.64. The maximum atomic E-state index is 12.4. The van der Waals surface area contributed by atoms with Crippen molar-refractivity contribution in [1.82, 2.24) is 9.55 Å². The fraction of sp³-hybridized carbons (Fsp3) is 0.200. The van der Waals surface area contributed by atoms with Crippen molar-refractivity contribution in [2.75, 3.05) is 24.8 Å². The number of aromatic nitrogens is 2. The third-order valence-corrected chi connectivity index (χ3v) is 4.72. The Bertz CT molecular complexity index is 893. The van der Waals surface area contributed by atoms with E-state index in [4.69, 9.17) is 9.47 Å². The fourth-order valence-electron chi connectivity index (χ4n) is 2.50. The molecule has 0 unspecified atom stereocenters. The zero-order chi connectivity index (χ0) is 19.1. The Morgan fingerprint density at radius 1 is 1.19 bits per heavy atom. The average Bonchev–Trinajstić information content (AvgIpc) is 3.17. The van der Waals surface area contributed by atoms with Gasteiger partial charge in [0.05, 0.1) is 25.2 Å². The molecule has 0 aliphatic heterocycles. The van der Waals surface area contributed by atoms with Gasteiger partial charge in [-0.2, -0.15) is 0 Å². The van der Waals surface area contributed by atoms with Crippen molar-refractivity contribution in [2.45, 2.75) is 12.1 Å². The number of carbonyl (C=O) groups is 1. The van der Waals surface area contributed by atoms with E-state index in [1.807, 2.05) is 66.2 Å². The summed E-state index contributed by atoms with van der Waals surface area (Å²) >= 11 is 1.37. The number of hydrogen-bond acceptors (Lipinski definition) is 5. The van der Waals surface area contributed by atoms with Crippen molar-refractivity contribution >= 4 is 23.4 Å². The van der Waals surface area contributed by atoms with E-state index >= 15 is 0 Å². The normalized spacial score (nSPS) is 10.4. The number of imidazole rings is 1. The molecule has 0 aliphatic rings. The Morgan fingerprint density at radius 3 is 2.70 bits per heavy atom. The maximum absolute atomic E-state index is 12.4. The van der Waals surface area contributed by atoms with Gasteiger partial charge in [-0.15, -0.1) is 0 Å². The number of anilines is 1. The van der Waals surface area contributed by atoms with Gasteiger partial charge in [0, 0.05) is 18.1 Å². The minimum absolute atomic E-state index is 0.114. The average molecular weight is 383 g/mol. The van der Waals surface area contributed by atoms with E-state index in [2.05, 4.69) is 10.3 Å². The maximum Gasteiger partial charge on any atom is 0.234 e. The van der Waals surface area contributed by atoms with Gasteiger partial charge >= 0.3 is 0 Å². The van der Waals surface area contributed by atoms with Crippen LogP contribution in [0.25, 0.3) is 5.69 Å². The lowest BCUT2D eigenvalue weighted by Crippen LogP contribution is -2.15. The number of rotatable bonds is 8. The first-order valence-corrected chi connectivity index (χ1v) is 9.52. The summed E-state index contributed by atoms with van der Waals surface area (Å²) in [7, 11) is 1.63. The molecule has 140 valence electrons. The molecule has 1 heterocycles. The van der Waals surface area contributed by atoms with Crippen LogP contribution in [0, 0.1) is 0 Å². The standard InChI is InChI=1S/C20H21N3O3S/c1-3-26-18-7-5-4-6-17(18)22-19(24)14-27-20-21-12-13-23(20)15-8-10-16(25-2)11-9-15/h4-13H,3,14H2,1-2H3,(H,22,24). The number of thioether (sulfide) groups is 1. The first kappa shape index (κ1) is 18.8. The van der Waals surface area contributed by atoms with Gasteiger partial charge in [-0.25, -0.2) is 4.98 Å². The molecule has 0 atom stereocenters. The number of methoxy groups -OCH3 is 1. The molecule has 27 heavy (non-hydrogen) atoms. The van der Waals surface area contributed by atoms with Gasteiger partial charge in [-0.1, -0.05) is 23.9 Å². The van der Waals surface area contributed by atoms with Crippen molar-refractivity contribution in [3.8, 4) is 17.2 Å². The van der Waals surface area contributed by atoms with Crippen LogP contribution in [0.1, 0.15) is 6.92 Å². The zero-order valence-corrected chi connectivity index (χ0v) is 16.0. The number of para-hydroxylation sites is 2. The van der Waals surface area contributed by atoms with Gasteiger partial charge in [0.2, 0.25) is 5.91 Å². The van der Waals surface area contributed by atoms with Crippen LogP contribution in [-0.2, 0) is 4.79 Å². The molecule has 0 aliphatic carbocycles. The number of amides is 1. The topological polar surface area (TPSA) is 65.4 Å². The SMILES string of the molecule is CCOc1ccccc1NC(=O)CSc1nccn1-c1ccc(OC)cc1. The lowest BCUT2D eigenvalue weighted by atomic mass is 10.3. The Kier molecular flexibility index (Phi) is 6.38. The van der Waals surface area contributed by atoms with E-state index < -0.39 is 0 Å². The van der Waals surface area contributed by atoms with Crippen LogP contribution in [0.4, 0.5) is 5.69 Å². The van der Waals surface area contributed by atoms with Crippen LogP contribution in [0.15, 0.2) is 66.1 Å². The molecule has 3 aromatic rings. The zero-order valence-electron chi connectivity index (χ0n) is 15.2. The summed E-state index contributed by atoms with van der Waals surface area (Å²) < 4.78 is 12.7. The Morgan fingerprint density at radius 2 is 1.96 bits per heavy atom. The quantitative estimate of drug-likeness (QED) is 0.596. The Hall–Kier alpha value is -2.93. The molecular weight excluding hydrogens is 362 g/mol. The molecule has 1 amide bonds. The highest BCUT2D eigenvalue weighted by Crippen LogP contribution is 2.25. The largest absolute Gasteiger partial charge is 0.497 e. The second-order valence-corrected chi connectivity index (χ2v) is 6.49. The van der Waals surface area contributed by atoms with Crippen molar-refractivity contribution in [3.05, 3.63) is 60.9 Å². The predicted molar refractivity (Wildman–Crippen MR) is 107 cm³/mol. The van der Waals surface area contributed by atoms with Gasteiger partial charge in [0.1, 0.15) is 11.5 Å². The minimum atomic E-state index is -0.114. The second-order valence-electron chi connectivity index (χ2n) is 5.54. The van der Waals surface area contributed by atoms with Crippen molar-refractivity contribution in [3.63, 3.8) is 0 Å². The monoisotopic (exact) mass is 383 g/mol. The van der Waals surface area contributed by atoms with E-state index in [-0.39, 0.29) is 11.7 Å². The van der Waals surface area contributed by atoms with Crippen molar-refractivity contribution in [1.29, 1.82) is 0 Å². The van der Waals surface area contributed by atoms with E-state index in [1.165, 1.54) is 11.8 Å². The third-order valence-electron chi connectivity index (χ3n) is 3.75. The number of nitrogens with one attached hydrogen (secondary N) is 1. The summed E-state index contributed by atoms with van der Waals surface area (Å²) in [6.07, 6.45) is 3.58. The van der Waals surface area contributed by atoms with Gasteiger partial charge in [-0.05, 0) is 43.3 Å². The van der Waals surface area contributed by atoms with Gasteiger partial charge in [0.25, 0.3) is 0 Å². The van der Waals surface area contributed by atoms with Crippen molar-refractivity contribution < 1.29 is 14.3 Å². The smallest absolute Gasteiger partial charge is 0.234 e. The molecule has 0 fully saturated rings. The molecule has 1 N–H and O–H groups in total. The lowest BCUT2D eigenvalue weighted by molar-refractivity contribution is -0.113. The molecule has 0 saturated carbocycles. The molecule has 6 nitrogen and oxygen atoms in total. The summed E-state index contributed by atoms with van der Waals surface area (Å²) in [5.74, 6) is 1.59. The number of benzene rings is 2. The second kappa shape index (κ2) is 9.14. The van der Waals surface area contributed by atoms with E-state index in [0.29, 0.717) is 18.0 Å². The van der Waals surface area contributed by atoms with E-state index in [0.717, 1.165) is 16.6 Å². The van der Waals surface area contributed by atoms with Crippen LogP contribution >= 0.6 is 11.8 Å². The molecule has 0 bridgehead atoms. The van der Waals surface area contributed by atoms with E-state index in [1.54, 1.807) is 13.3 Å². The van der Waals surface area contributed by atoms with E-state index in [9.17, 15) is 4.79 Å². The number of hydrogen-bond donors (Lipinski definition) is 1. The summed E-state index contributed by atoms with van der Waals surface area (Å²) in [6, 6.07) is 15.1. The first-order valence-electron chi connectivity index (χ1n) is 8.53. The third kappa shape index (κ3) is 4.83. The molecule has 7 heteroatoms. The van der Waals surface area contributed by atoms with Gasteiger partial charge < -0.3 is 14.8 Å². The van der Waals surface area contributed by atoms with Gasteiger partial charge in [0.15, 0.2) is 5.16 Å². The van der Waals surface area contributed by atoms with Crippen LogP contribution in [-0.4, -0.2) is 34.9 Å². The highest BCUT2D eigenvalue weighted by molar-refractivity contribution is 7.99. The van der Waals surface area contributed by atoms with Gasteiger partial charge in [-0.3, -0.25) is 9.36 Å². The molecule has 0 radical (unpaired) electrons. The fourth-order valence-corrected chi connectivity index (χ4v) is 3.28. The van der Waals surface area contributed by atoms with Crippen molar-refractivity contribution in [2.24, 2.45) is 0 Å². The van der Waals surface area contributed by atoms with Crippen LogP contribution < -0.4 is 14.8 Å². The summed E-state index contributed by atoms with van der Waals surface area (Å²) in [4.78, 5) is 16.7. The number of carbonyl (C=O) groups excluding carboxylic acids is 1. The van der Waals surface area contributed by atoms with Crippen LogP contribution in [0.2, 0.25) is 0 Å². The highest BCUT2D eigenvalue weighted by atomic mass is 32.2. The molecule has 0 saturated heterocycles. The Labute approximate surface area is 162 Å². The lowest BCUT2D eigenvalue weighted by Gasteiger charge is -2.11. The number of ether oxygens (including phenoxy) is 2.